The highest BCUT2D eigenvalue weighted by Gasteiger charge is 2.06. The molecule has 5 heteroatoms. The third-order valence-corrected chi connectivity index (χ3v) is 2.74. The minimum atomic E-state index is -0.286. The van der Waals surface area contributed by atoms with Crippen LogP contribution in [0.25, 0.3) is 0 Å². The van der Waals surface area contributed by atoms with Crippen molar-refractivity contribution in [1.29, 1.82) is 0 Å². The molecule has 0 unspecified atom stereocenters. The molecule has 0 bridgehead atoms. The van der Waals surface area contributed by atoms with Gasteiger partial charge in [0.2, 0.25) is 0 Å². The first-order valence-electron chi connectivity index (χ1n) is 6.04. The average molecular weight is 261 g/mol. The Hall–Kier alpha value is -2.01. The highest BCUT2D eigenvalue weighted by molar-refractivity contribution is 5.19. The maximum Gasteiger partial charge on any atom is 0.316 e. The quantitative estimate of drug-likeness (QED) is 0.896. The van der Waals surface area contributed by atoms with Crippen molar-refractivity contribution in [2.75, 3.05) is 7.05 Å². The molecule has 1 aromatic heterocycles. The van der Waals surface area contributed by atoms with Gasteiger partial charge in [-0.05, 0) is 20.0 Å². The summed E-state index contributed by atoms with van der Waals surface area (Å²) in [7, 11) is 1.86. The van der Waals surface area contributed by atoms with Crippen molar-refractivity contribution in [3.05, 3.63) is 53.1 Å². The molecule has 0 amide bonds. The van der Waals surface area contributed by atoms with Crippen molar-refractivity contribution >= 4 is 0 Å². The van der Waals surface area contributed by atoms with Crippen molar-refractivity contribution in [2.24, 2.45) is 0 Å². The summed E-state index contributed by atoms with van der Waals surface area (Å²) >= 11 is 0. The molecule has 0 atom stereocenters. The fraction of sp³-hybridized carbons (Fsp3) is 0.286. The highest BCUT2D eigenvalue weighted by atomic mass is 19.1. The Bertz CT molecular complexity index is 560. The van der Waals surface area contributed by atoms with Gasteiger partial charge in [0.1, 0.15) is 12.4 Å². The van der Waals surface area contributed by atoms with E-state index in [-0.39, 0.29) is 18.4 Å². The summed E-state index contributed by atoms with van der Waals surface area (Å²) in [6.07, 6.45) is 1.72. The number of aryl methyl sites for hydroxylation is 1. The molecular formula is C14H16FN3O. The largest absolute Gasteiger partial charge is 0.458 e. The lowest BCUT2D eigenvalue weighted by Crippen LogP contribution is -2.09. The molecule has 0 radical (unpaired) electrons. The van der Waals surface area contributed by atoms with E-state index in [1.807, 2.05) is 14.0 Å². The number of ether oxygens (including phenoxy) is 1. The van der Waals surface area contributed by atoms with Crippen LogP contribution < -0.4 is 10.1 Å². The first-order valence-corrected chi connectivity index (χ1v) is 6.04. The maximum absolute atomic E-state index is 13.4. The third kappa shape index (κ3) is 3.48. The van der Waals surface area contributed by atoms with Crippen LogP contribution in [0, 0.1) is 12.7 Å². The molecule has 1 heterocycles. The smallest absolute Gasteiger partial charge is 0.316 e. The summed E-state index contributed by atoms with van der Waals surface area (Å²) in [4.78, 5) is 8.35. The van der Waals surface area contributed by atoms with Gasteiger partial charge in [-0.1, -0.05) is 18.2 Å². The molecule has 0 saturated heterocycles. The van der Waals surface area contributed by atoms with E-state index in [0.29, 0.717) is 12.1 Å². The molecule has 0 aliphatic rings. The molecule has 0 saturated carbocycles. The van der Waals surface area contributed by atoms with Crippen LogP contribution in [0.15, 0.2) is 30.5 Å². The van der Waals surface area contributed by atoms with Gasteiger partial charge < -0.3 is 10.1 Å². The van der Waals surface area contributed by atoms with Crippen LogP contribution in [0.4, 0.5) is 4.39 Å². The fourth-order valence-corrected chi connectivity index (χ4v) is 1.66. The van der Waals surface area contributed by atoms with E-state index in [2.05, 4.69) is 15.3 Å². The average Bonchev–Trinajstić information content (AvgIpc) is 2.41. The minimum Gasteiger partial charge on any atom is -0.458 e. The SMILES string of the molecule is CNCc1cnc(OCc2ccccc2F)nc1C. The Morgan fingerprint density at radius 2 is 2.05 bits per heavy atom. The van der Waals surface area contributed by atoms with Gasteiger partial charge in [-0.2, -0.15) is 0 Å². The second-order valence-corrected chi connectivity index (χ2v) is 4.17. The molecule has 2 aromatic rings. The van der Waals surface area contributed by atoms with Crippen LogP contribution in [0.5, 0.6) is 6.01 Å². The number of rotatable bonds is 5. The lowest BCUT2D eigenvalue weighted by atomic mass is 10.2. The predicted octanol–water partition coefficient (Wildman–Crippen LogP) is 2.22. The molecule has 19 heavy (non-hydrogen) atoms. The van der Waals surface area contributed by atoms with Crippen LogP contribution in [-0.2, 0) is 13.2 Å². The van der Waals surface area contributed by atoms with Crippen molar-refractivity contribution in [3.63, 3.8) is 0 Å². The molecule has 1 aromatic carbocycles. The first-order chi connectivity index (χ1) is 9.20. The molecular weight excluding hydrogens is 245 g/mol. The van der Waals surface area contributed by atoms with E-state index >= 15 is 0 Å². The zero-order valence-electron chi connectivity index (χ0n) is 11.0. The third-order valence-electron chi connectivity index (χ3n) is 2.74. The van der Waals surface area contributed by atoms with Gasteiger partial charge in [0.25, 0.3) is 0 Å². The second-order valence-electron chi connectivity index (χ2n) is 4.17. The summed E-state index contributed by atoms with van der Waals surface area (Å²) in [5, 5.41) is 3.04. The number of hydrogen-bond acceptors (Lipinski definition) is 4. The molecule has 0 spiro atoms. The van der Waals surface area contributed by atoms with Crippen LogP contribution >= 0.6 is 0 Å². The monoisotopic (exact) mass is 261 g/mol. The zero-order valence-corrected chi connectivity index (χ0v) is 11.0. The molecule has 0 aliphatic heterocycles. The van der Waals surface area contributed by atoms with Crippen LogP contribution in [0.3, 0.4) is 0 Å². The van der Waals surface area contributed by atoms with Crippen molar-refractivity contribution in [1.82, 2.24) is 15.3 Å². The Balaban J connectivity index is 2.04. The van der Waals surface area contributed by atoms with Gasteiger partial charge in [0, 0.05) is 29.6 Å². The summed E-state index contributed by atoms with van der Waals surface area (Å²) in [6, 6.07) is 6.76. The topological polar surface area (TPSA) is 47.0 Å². The van der Waals surface area contributed by atoms with E-state index in [9.17, 15) is 4.39 Å². The fourth-order valence-electron chi connectivity index (χ4n) is 1.66. The molecule has 1 N–H and O–H groups in total. The summed E-state index contributed by atoms with van der Waals surface area (Å²) in [5.41, 5.74) is 2.36. The first kappa shape index (κ1) is 13.4. The Kier molecular flexibility index (Phi) is 4.41. The molecule has 4 nitrogen and oxygen atoms in total. The molecule has 2 rings (SSSR count). The van der Waals surface area contributed by atoms with E-state index in [4.69, 9.17) is 4.74 Å². The summed E-state index contributed by atoms with van der Waals surface area (Å²) in [5.74, 6) is -0.286. The van der Waals surface area contributed by atoms with Gasteiger partial charge in [-0.25, -0.2) is 14.4 Å². The van der Waals surface area contributed by atoms with Crippen molar-refractivity contribution in [2.45, 2.75) is 20.1 Å². The summed E-state index contributed by atoms with van der Waals surface area (Å²) in [6.45, 7) is 2.72. The Morgan fingerprint density at radius 1 is 1.26 bits per heavy atom. The van der Waals surface area contributed by atoms with Crippen LogP contribution in [-0.4, -0.2) is 17.0 Å². The van der Waals surface area contributed by atoms with E-state index in [1.165, 1.54) is 6.07 Å². The van der Waals surface area contributed by atoms with E-state index in [1.54, 1.807) is 24.4 Å². The second kappa shape index (κ2) is 6.24. The minimum absolute atomic E-state index is 0.123. The van der Waals surface area contributed by atoms with Crippen LogP contribution in [0.1, 0.15) is 16.8 Å². The number of halogens is 1. The van der Waals surface area contributed by atoms with Crippen molar-refractivity contribution < 1.29 is 9.13 Å². The van der Waals surface area contributed by atoms with Gasteiger partial charge in [0.15, 0.2) is 0 Å². The van der Waals surface area contributed by atoms with Gasteiger partial charge in [-0.3, -0.25) is 0 Å². The van der Waals surface area contributed by atoms with E-state index < -0.39 is 0 Å². The normalized spacial score (nSPS) is 10.5. The van der Waals surface area contributed by atoms with Gasteiger partial charge >= 0.3 is 6.01 Å². The lowest BCUT2D eigenvalue weighted by molar-refractivity contribution is 0.274. The van der Waals surface area contributed by atoms with E-state index in [0.717, 1.165) is 11.3 Å². The maximum atomic E-state index is 13.4. The molecule has 0 aliphatic carbocycles. The predicted molar refractivity (Wildman–Crippen MR) is 70.3 cm³/mol. The number of nitrogens with one attached hydrogen (secondary N) is 1. The van der Waals surface area contributed by atoms with Crippen LogP contribution in [0.2, 0.25) is 0 Å². The Labute approximate surface area is 111 Å². The Morgan fingerprint density at radius 3 is 2.74 bits per heavy atom. The number of aromatic nitrogens is 2. The van der Waals surface area contributed by atoms with Gasteiger partial charge in [0.05, 0.1) is 0 Å². The number of nitrogens with zero attached hydrogens (tertiary/aromatic N) is 2. The number of benzene rings is 1. The number of hydrogen-bond donors (Lipinski definition) is 1. The van der Waals surface area contributed by atoms with Gasteiger partial charge in [-0.15, -0.1) is 0 Å². The molecule has 100 valence electrons. The highest BCUT2D eigenvalue weighted by Crippen LogP contribution is 2.12. The summed E-state index contributed by atoms with van der Waals surface area (Å²) < 4.78 is 18.8. The molecule has 0 fully saturated rings. The van der Waals surface area contributed by atoms with Crippen molar-refractivity contribution in [3.8, 4) is 6.01 Å². The zero-order chi connectivity index (χ0) is 13.7. The lowest BCUT2D eigenvalue weighted by Gasteiger charge is -2.08. The standard InChI is InChI=1S/C14H16FN3O/c1-10-12(7-16-2)8-17-14(18-10)19-9-11-5-3-4-6-13(11)15/h3-6,8,16H,7,9H2,1-2H3.